The number of hydrogen-bond acceptors (Lipinski definition) is 2. The third-order valence-corrected chi connectivity index (χ3v) is 3.42. The Kier molecular flexibility index (Phi) is 3.13. The van der Waals surface area contributed by atoms with E-state index in [0.717, 1.165) is 34.5 Å². The van der Waals surface area contributed by atoms with E-state index in [0.29, 0.717) is 11.1 Å². The second-order valence-corrected chi connectivity index (χ2v) is 4.61. The Morgan fingerprint density at radius 1 is 0.600 bits per heavy atom. The average molecular weight is 260 g/mol. The number of carbonyl (C=O) groups is 2. The summed E-state index contributed by atoms with van der Waals surface area (Å²) >= 11 is 0. The molecular weight excluding hydrogens is 248 g/mol. The molecule has 0 spiro atoms. The summed E-state index contributed by atoms with van der Waals surface area (Å²) in [6.45, 7) is 0. The minimum Gasteiger partial charge on any atom is -0.298 e. The van der Waals surface area contributed by atoms with Gasteiger partial charge in [0.05, 0.1) is 0 Å². The summed E-state index contributed by atoms with van der Waals surface area (Å²) in [5.74, 6) is 0. The Labute approximate surface area is 116 Å². The smallest absolute Gasteiger partial charge is 0.150 e. The molecule has 20 heavy (non-hydrogen) atoms. The van der Waals surface area contributed by atoms with Gasteiger partial charge < -0.3 is 0 Å². The average Bonchev–Trinajstić information content (AvgIpc) is 2.53. The lowest BCUT2D eigenvalue weighted by Gasteiger charge is -2.09. The zero-order valence-electron chi connectivity index (χ0n) is 10.7. The molecule has 0 aromatic heterocycles. The molecule has 0 fully saturated rings. The fourth-order valence-corrected chi connectivity index (χ4v) is 2.43. The van der Waals surface area contributed by atoms with Gasteiger partial charge in [0.1, 0.15) is 0 Å². The Morgan fingerprint density at radius 3 is 1.90 bits per heavy atom. The van der Waals surface area contributed by atoms with Crippen LogP contribution in [0.15, 0.2) is 60.7 Å². The van der Waals surface area contributed by atoms with Crippen LogP contribution in [0.5, 0.6) is 0 Å². The van der Waals surface area contributed by atoms with E-state index in [-0.39, 0.29) is 0 Å². The second kappa shape index (κ2) is 5.10. The van der Waals surface area contributed by atoms with Crippen LogP contribution in [0.4, 0.5) is 0 Å². The van der Waals surface area contributed by atoms with Crippen LogP contribution < -0.4 is 0 Å². The van der Waals surface area contributed by atoms with E-state index in [1.807, 2.05) is 54.6 Å². The molecule has 3 rings (SSSR count). The normalized spacial score (nSPS) is 10.4. The van der Waals surface area contributed by atoms with E-state index in [2.05, 4.69) is 0 Å². The third kappa shape index (κ3) is 2.01. The van der Waals surface area contributed by atoms with Crippen molar-refractivity contribution in [2.45, 2.75) is 0 Å². The number of hydrogen-bond donors (Lipinski definition) is 0. The van der Waals surface area contributed by atoms with Crippen LogP contribution in [-0.4, -0.2) is 12.6 Å². The maximum absolute atomic E-state index is 11.4. The lowest BCUT2D eigenvalue weighted by Crippen LogP contribution is -1.92. The maximum Gasteiger partial charge on any atom is 0.150 e. The summed E-state index contributed by atoms with van der Waals surface area (Å²) in [4.78, 5) is 22.5. The van der Waals surface area contributed by atoms with Crippen molar-refractivity contribution in [3.8, 4) is 11.1 Å². The Morgan fingerprint density at radius 2 is 1.20 bits per heavy atom. The summed E-state index contributed by atoms with van der Waals surface area (Å²) in [5, 5.41) is 2.07. The molecule has 0 amide bonds. The van der Waals surface area contributed by atoms with Crippen molar-refractivity contribution < 1.29 is 9.59 Å². The molecule has 0 N–H and O–H groups in total. The highest BCUT2D eigenvalue weighted by atomic mass is 16.1. The van der Waals surface area contributed by atoms with Crippen LogP contribution in [0.3, 0.4) is 0 Å². The first-order valence-corrected chi connectivity index (χ1v) is 6.36. The molecule has 0 heterocycles. The van der Waals surface area contributed by atoms with Crippen molar-refractivity contribution in [3.63, 3.8) is 0 Å². The summed E-state index contributed by atoms with van der Waals surface area (Å²) in [5.41, 5.74) is 2.76. The highest BCUT2D eigenvalue weighted by Crippen LogP contribution is 2.29. The van der Waals surface area contributed by atoms with Gasteiger partial charge in [-0.15, -0.1) is 0 Å². The van der Waals surface area contributed by atoms with Gasteiger partial charge in [0.25, 0.3) is 0 Å². The second-order valence-electron chi connectivity index (χ2n) is 4.61. The summed E-state index contributed by atoms with van der Waals surface area (Å²) < 4.78 is 0. The molecule has 0 aliphatic rings. The van der Waals surface area contributed by atoms with E-state index in [1.165, 1.54) is 0 Å². The predicted octanol–water partition coefficient (Wildman–Crippen LogP) is 4.13. The number of carbonyl (C=O) groups excluding carboxylic acids is 2. The molecular formula is C18H12O2. The molecule has 0 saturated heterocycles. The molecule has 3 aromatic carbocycles. The van der Waals surface area contributed by atoms with Crippen LogP contribution in [0.1, 0.15) is 20.7 Å². The van der Waals surface area contributed by atoms with Crippen molar-refractivity contribution in [1.29, 1.82) is 0 Å². The van der Waals surface area contributed by atoms with Gasteiger partial charge >= 0.3 is 0 Å². The molecule has 0 bridgehead atoms. The van der Waals surface area contributed by atoms with Crippen LogP contribution in [-0.2, 0) is 0 Å². The third-order valence-electron chi connectivity index (χ3n) is 3.42. The largest absolute Gasteiger partial charge is 0.298 e. The fourth-order valence-electron chi connectivity index (χ4n) is 2.43. The maximum atomic E-state index is 11.4. The zero-order valence-corrected chi connectivity index (χ0v) is 10.7. The van der Waals surface area contributed by atoms with Crippen LogP contribution in [0, 0.1) is 0 Å². The van der Waals surface area contributed by atoms with Gasteiger partial charge in [0.2, 0.25) is 0 Å². The van der Waals surface area contributed by atoms with Crippen molar-refractivity contribution >= 4 is 23.3 Å². The fraction of sp³-hybridized carbons (Fsp3) is 0. The zero-order chi connectivity index (χ0) is 13.9. The summed E-state index contributed by atoms with van der Waals surface area (Å²) in [7, 11) is 0. The van der Waals surface area contributed by atoms with E-state index in [4.69, 9.17) is 0 Å². The molecule has 96 valence electrons. The van der Waals surface area contributed by atoms with Crippen molar-refractivity contribution in [1.82, 2.24) is 0 Å². The van der Waals surface area contributed by atoms with Crippen molar-refractivity contribution in [3.05, 3.63) is 71.8 Å². The number of rotatable bonds is 3. The van der Waals surface area contributed by atoms with Crippen LogP contribution in [0.25, 0.3) is 21.9 Å². The summed E-state index contributed by atoms with van der Waals surface area (Å²) in [6, 6.07) is 19.0. The Balaban J connectivity index is 2.34. The molecule has 0 saturated carbocycles. The van der Waals surface area contributed by atoms with E-state index < -0.39 is 0 Å². The van der Waals surface area contributed by atoms with E-state index in [9.17, 15) is 9.59 Å². The first kappa shape index (κ1) is 12.3. The molecule has 0 aliphatic heterocycles. The SMILES string of the molecule is O=Cc1ccccc1-c1cc2ccccc2cc1C=O. The molecule has 0 atom stereocenters. The van der Waals surface area contributed by atoms with Crippen LogP contribution in [0.2, 0.25) is 0 Å². The van der Waals surface area contributed by atoms with Gasteiger partial charge in [-0.05, 0) is 34.0 Å². The molecule has 0 unspecified atom stereocenters. The molecule has 2 heteroatoms. The first-order chi connectivity index (χ1) is 9.83. The predicted molar refractivity (Wildman–Crippen MR) is 80.2 cm³/mol. The standard InChI is InChI=1S/C18H12O2/c19-11-15-7-3-4-8-17(15)18-10-14-6-2-1-5-13(14)9-16(18)12-20/h1-12H. The van der Waals surface area contributed by atoms with Gasteiger partial charge in [-0.1, -0.05) is 48.5 Å². The first-order valence-electron chi connectivity index (χ1n) is 6.36. The van der Waals surface area contributed by atoms with Crippen molar-refractivity contribution in [2.75, 3.05) is 0 Å². The number of fused-ring (bicyclic) bond motifs is 1. The van der Waals surface area contributed by atoms with Crippen LogP contribution >= 0.6 is 0 Å². The molecule has 0 radical (unpaired) electrons. The summed E-state index contributed by atoms with van der Waals surface area (Å²) in [6.07, 6.45) is 1.66. The van der Waals surface area contributed by atoms with Gasteiger partial charge in [0, 0.05) is 11.1 Å². The van der Waals surface area contributed by atoms with Gasteiger partial charge in [-0.3, -0.25) is 9.59 Å². The van der Waals surface area contributed by atoms with E-state index in [1.54, 1.807) is 6.07 Å². The van der Waals surface area contributed by atoms with Gasteiger partial charge in [-0.25, -0.2) is 0 Å². The molecule has 0 aliphatic carbocycles. The highest BCUT2D eigenvalue weighted by molar-refractivity contribution is 6.00. The minimum absolute atomic E-state index is 0.589. The van der Waals surface area contributed by atoms with Gasteiger partial charge in [0.15, 0.2) is 12.6 Å². The van der Waals surface area contributed by atoms with E-state index >= 15 is 0 Å². The topological polar surface area (TPSA) is 34.1 Å². The molecule has 3 aromatic rings. The monoisotopic (exact) mass is 260 g/mol. The quantitative estimate of drug-likeness (QED) is 0.663. The lowest BCUT2D eigenvalue weighted by molar-refractivity contribution is 0.111. The minimum atomic E-state index is 0.589. The lowest BCUT2D eigenvalue weighted by atomic mass is 9.93. The number of benzene rings is 3. The van der Waals surface area contributed by atoms with Gasteiger partial charge in [-0.2, -0.15) is 0 Å². The Bertz CT molecular complexity index is 803. The number of aldehydes is 2. The molecule has 2 nitrogen and oxygen atoms in total. The Hall–Kier alpha value is -2.74. The highest BCUT2D eigenvalue weighted by Gasteiger charge is 2.10. The van der Waals surface area contributed by atoms with Crippen molar-refractivity contribution in [2.24, 2.45) is 0 Å².